The van der Waals surface area contributed by atoms with E-state index < -0.39 is 23.9 Å². The predicted molar refractivity (Wildman–Crippen MR) is 422 cm³/mol. The van der Waals surface area contributed by atoms with Crippen LogP contribution in [0, 0.1) is 0 Å². The molecule has 0 radical (unpaired) electrons. The van der Waals surface area contributed by atoms with Crippen LogP contribution in [-0.4, -0.2) is 52.3 Å². The summed E-state index contributed by atoms with van der Waals surface area (Å²) in [5, 5.41) is 15.9. The van der Waals surface area contributed by atoms with Crippen LogP contribution in [-0.2, 0) is 135 Å². The van der Waals surface area contributed by atoms with E-state index in [9.17, 15) is 19.2 Å². The van der Waals surface area contributed by atoms with E-state index in [2.05, 4.69) is 147 Å². The quantitative estimate of drug-likeness (QED) is 0.0271. The molecule has 100 heavy (non-hydrogen) atoms. The van der Waals surface area contributed by atoms with Crippen molar-refractivity contribution in [1.29, 1.82) is 0 Å². The second-order valence-electron chi connectivity index (χ2n) is 28.0. The van der Waals surface area contributed by atoms with Gasteiger partial charge in [0.05, 0.1) is 50.7 Å². The summed E-state index contributed by atoms with van der Waals surface area (Å²) >= 11 is 0. The maximum atomic E-state index is 13.6. The number of methoxy groups -OCH3 is 4. The number of carbonyl (C=O) groups is 4. The Bertz CT molecular complexity index is 4340. The lowest BCUT2D eigenvalue weighted by atomic mass is 9.71. The first-order valence-corrected chi connectivity index (χ1v) is 39.1. The number of benzene rings is 9. The first-order valence-electron chi connectivity index (χ1n) is 39.1. The Labute approximate surface area is 599 Å². The third-order valence-electron chi connectivity index (χ3n) is 22.5. The Morgan fingerprint density at radius 3 is 0.590 bits per heavy atom. The molecule has 0 saturated heterocycles. The highest BCUT2D eigenvalue weighted by molar-refractivity contribution is 6.18. The first-order chi connectivity index (χ1) is 48.5. The van der Waals surface area contributed by atoms with E-state index in [4.69, 9.17) is 18.9 Å². The molecule has 8 nitrogen and oxygen atoms in total. The predicted octanol–water partition coefficient (Wildman–Crippen LogP) is 23.1. The first kappa shape index (κ1) is 76.6. The van der Waals surface area contributed by atoms with Gasteiger partial charge in [-0.2, -0.15) is 0 Å². The maximum Gasteiger partial charge on any atom is 0.339 e. The SMILES string of the molecule is CCCc1c(C(=O)OC)c(C(=O)OC)c(CCC)c2cc3c(CCC)c4cc5c(CC)c(CC)c(CC)c(CC)c5cc4c(CCC)c3cc12.CCCc1c2c(c(CCC)c(C(=O)OC)c1C(=O)OC)Cc1c(c(CCC)c3cc4c(CC)c(CC)c(CC)c(CC)c4cc3c1CCC)C2. The molecule has 0 bridgehead atoms. The van der Waals surface area contributed by atoms with Gasteiger partial charge in [-0.25, -0.2) is 19.2 Å². The van der Waals surface area contributed by atoms with Crippen molar-refractivity contribution in [3.63, 3.8) is 0 Å². The molecule has 0 atom stereocenters. The molecule has 9 aromatic rings. The molecule has 0 aliphatic heterocycles. The average molecular weight is 1350 g/mol. The summed E-state index contributed by atoms with van der Waals surface area (Å²) in [6.07, 6.45) is 24.1. The Morgan fingerprint density at radius 1 is 0.220 bits per heavy atom. The van der Waals surface area contributed by atoms with Gasteiger partial charge in [0.25, 0.3) is 0 Å². The minimum absolute atomic E-state index is 0.368. The lowest BCUT2D eigenvalue weighted by molar-refractivity contribution is 0.0552. The van der Waals surface area contributed by atoms with Gasteiger partial charge in [0.2, 0.25) is 0 Å². The van der Waals surface area contributed by atoms with Gasteiger partial charge in [-0.1, -0.05) is 162 Å². The van der Waals surface area contributed by atoms with Crippen LogP contribution in [0.2, 0.25) is 0 Å². The smallest absolute Gasteiger partial charge is 0.339 e. The molecule has 0 heterocycles. The summed E-state index contributed by atoms with van der Waals surface area (Å²) in [7, 11) is 5.64. The second-order valence-corrected chi connectivity index (χ2v) is 28.0. The van der Waals surface area contributed by atoms with E-state index in [1.54, 1.807) is 22.3 Å². The molecule has 0 amide bonds. The van der Waals surface area contributed by atoms with Crippen molar-refractivity contribution in [2.24, 2.45) is 0 Å². The molecule has 9 aromatic carbocycles. The zero-order chi connectivity index (χ0) is 72.5. The highest BCUT2D eigenvalue weighted by atomic mass is 16.5. The lowest BCUT2D eigenvalue weighted by Gasteiger charge is -2.33. The molecule has 0 saturated carbocycles. The van der Waals surface area contributed by atoms with Crippen LogP contribution in [0.25, 0.3) is 64.6 Å². The molecule has 0 N–H and O–H groups in total. The monoisotopic (exact) mass is 1350 g/mol. The highest BCUT2D eigenvalue weighted by Crippen LogP contribution is 2.48. The van der Waals surface area contributed by atoms with Crippen LogP contribution in [0.1, 0.15) is 315 Å². The van der Waals surface area contributed by atoms with Crippen LogP contribution in [0.5, 0.6) is 0 Å². The van der Waals surface area contributed by atoms with E-state index in [0.717, 1.165) is 174 Å². The highest BCUT2D eigenvalue weighted by Gasteiger charge is 2.36. The third-order valence-corrected chi connectivity index (χ3v) is 22.5. The van der Waals surface area contributed by atoms with Gasteiger partial charge in [0.1, 0.15) is 0 Å². The molecule has 1 aliphatic carbocycles. The van der Waals surface area contributed by atoms with Crippen molar-refractivity contribution < 1.29 is 38.1 Å². The van der Waals surface area contributed by atoms with Crippen molar-refractivity contribution in [2.75, 3.05) is 28.4 Å². The van der Waals surface area contributed by atoms with Gasteiger partial charge < -0.3 is 18.9 Å². The number of rotatable bonds is 28. The third kappa shape index (κ3) is 13.4. The van der Waals surface area contributed by atoms with Crippen LogP contribution in [0.15, 0.2) is 36.4 Å². The largest absolute Gasteiger partial charge is 0.465 e. The number of esters is 4. The van der Waals surface area contributed by atoms with E-state index in [1.807, 2.05) is 0 Å². The minimum atomic E-state index is -0.476. The molecule has 534 valence electrons. The fourth-order valence-electron chi connectivity index (χ4n) is 18.7. The number of fused-ring (bicyclic) bond motifs is 8. The molecular weight excluding hydrogens is 1230 g/mol. The van der Waals surface area contributed by atoms with Crippen LogP contribution in [0.4, 0.5) is 0 Å². The molecule has 0 aromatic heterocycles. The lowest BCUT2D eigenvalue weighted by Crippen LogP contribution is -2.25. The zero-order valence-corrected chi connectivity index (χ0v) is 65.1. The van der Waals surface area contributed by atoms with Gasteiger partial charge >= 0.3 is 23.9 Å². The summed E-state index contributed by atoms with van der Waals surface area (Å²) in [5.41, 5.74) is 28.6. The number of hydrogen-bond acceptors (Lipinski definition) is 8. The van der Waals surface area contributed by atoms with E-state index >= 15 is 0 Å². The van der Waals surface area contributed by atoms with Crippen molar-refractivity contribution >= 4 is 88.5 Å². The second kappa shape index (κ2) is 33.9. The van der Waals surface area contributed by atoms with E-state index in [-0.39, 0.29) is 0 Å². The Hall–Kier alpha value is -7.58. The standard InChI is InChI=1S/C46H60O4.C46H58O4/c2*1-11-19-31-37-23-35-29(17-7)27(15-5)28(16-6)30(18-8)36(35)24-38(37)32(20-12-2)40-26-42-34(22-14-4)44(46(48)50-10)43(45(47)49-9)33(21-13-3)41(42)25-39(31)40/h23-24H,11-22,25-26H2,1-10H3;23-26H,11-22H2,1-10H3. The Balaban J connectivity index is 0.000000233. The van der Waals surface area contributed by atoms with Crippen molar-refractivity contribution in [1.82, 2.24) is 0 Å². The summed E-state index contributed by atoms with van der Waals surface area (Å²) in [6.45, 7) is 36.2. The Kier molecular flexibility index (Phi) is 26.0. The van der Waals surface area contributed by atoms with Gasteiger partial charge in [-0.05, 0) is 328 Å². The number of ether oxygens (including phenoxy) is 4. The summed E-state index contributed by atoms with van der Waals surface area (Å²) in [6, 6.07) is 15.0. The van der Waals surface area contributed by atoms with Crippen LogP contribution in [0.3, 0.4) is 0 Å². The minimum Gasteiger partial charge on any atom is -0.465 e. The number of aryl methyl sites for hydroxylation is 10. The summed E-state index contributed by atoms with van der Waals surface area (Å²) in [5.74, 6) is -1.84. The zero-order valence-electron chi connectivity index (χ0n) is 65.1. The average Bonchev–Trinajstić information content (AvgIpc) is 0.717. The number of hydrogen-bond donors (Lipinski definition) is 0. The van der Waals surface area contributed by atoms with E-state index in [1.165, 1.54) is 149 Å². The fourth-order valence-corrected chi connectivity index (χ4v) is 18.7. The van der Waals surface area contributed by atoms with Gasteiger partial charge in [-0.3, -0.25) is 0 Å². The molecule has 0 fully saturated rings. The van der Waals surface area contributed by atoms with Crippen LogP contribution >= 0.6 is 0 Å². The van der Waals surface area contributed by atoms with Crippen molar-refractivity contribution in [3.05, 3.63) is 170 Å². The van der Waals surface area contributed by atoms with Crippen LogP contribution < -0.4 is 0 Å². The summed E-state index contributed by atoms with van der Waals surface area (Å²) in [4.78, 5) is 54.5. The van der Waals surface area contributed by atoms with Gasteiger partial charge in [-0.15, -0.1) is 0 Å². The van der Waals surface area contributed by atoms with E-state index in [0.29, 0.717) is 47.9 Å². The molecule has 1 aliphatic rings. The molecule has 8 heteroatoms. The molecular formula is C92H118O8. The Morgan fingerprint density at radius 2 is 0.380 bits per heavy atom. The molecule has 0 unspecified atom stereocenters. The molecule has 10 rings (SSSR count). The summed E-state index contributed by atoms with van der Waals surface area (Å²) < 4.78 is 21.5. The normalized spacial score (nSPS) is 12.0. The van der Waals surface area contributed by atoms with Gasteiger partial charge in [0, 0.05) is 0 Å². The maximum absolute atomic E-state index is 13.6. The van der Waals surface area contributed by atoms with Crippen molar-refractivity contribution in [2.45, 2.75) is 278 Å². The fraction of sp³-hybridized carbons (Fsp3) is 0.500. The molecule has 0 spiro atoms. The number of carbonyl (C=O) groups excluding carboxylic acids is 4. The topological polar surface area (TPSA) is 105 Å². The van der Waals surface area contributed by atoms with Crippen molar-refractivity contribution in [3.8, 4) is 0 Å². The van der Waals surface area contributed by atoms with Gasteiger partial charge in [0.15, 0.2) is 0 Å².